The van der Waals surface area contributed by atoms with Gasteiger partial charge in [-0.05, 0) is 29.2 Å². The molecule has 1 atom stereocenters. The van der Waals surface area contributed by atoms with Gasteiger partial charge in [-0.1, -0.05) is 71.9 Å². The lowest BCUT2D eigenvalue weighted by Crippen LogP contribution is -2.30. The third-order valence-electron chi connectivity index (χ3n) is 5.92. The van der Waals surface area contributed by atoms with Gasteiger partial charge >= 0.3 is 0 Å². The van der Waals surface area contributed by atoms with E-state index in [1.165, 1.54) is 5.56 Å². The number of carbonyl (C=O) groups excluding carboxylic acids is 1. The number of methoxy groups -OCH3 is 1. The van der Waals surface area contributed by atoms with E-state index in [1.807, 2.05) is 41.3 Å². The average Bonchev–Trinajstić information content (AvgIpc) is 3.26. The molecule has 0 spiro atoms. The number of H-pyrrole nitrogens is 1. The fourth-order valence-corrected chi connectivity index (χ4v) is 4.29. The van der Waals surface area contributed by atoms with Gasteiger partial charge in [0.25, 0.3) is 5.91 Å². The van der Waals surface area contributed by atoms with Crippen molar-refractivity contribution in [3.05, 3.63) is 76.6 Å². The van der Waals surface area contributed by atoms with E-state index in [-0.39, 0.29) is 22.8 Å². The minimum Gasteiger partial charge on any atom is -0.496 e. The number of benzene rings is 2. The van der Waals surface area contributed by atoms with Crippen LogP contribution in [0.2, 0.25) is 0 Å². The second-order valence-corrected chi connectivity index (χ2v) is 10.2. The fourth-order valence-electron chi connectivity index (χ4n) is 4.29. The Morgan fingerprint density at radius 2 is 1.58 bits per heavy atom. The molecule has 0 bridgehead atoms. The van der Waals surface area contributed by atoms with Crippen LogP contribution < -0.4 is 9.64 Å². The lowest BCUT2D eigenvalue weighted by molar-refractivity contribution is 0.0988. The molecule has 1 amide bonds. The normalized spacial score (nSPS) is 16.5. The molecule has 31 heavy (non-hydrogen) atoms. The van der Waals surface area contributed by atoms with E-state index in [9.17, 15) is 4.79 Å². The quantitative estimate of drug-likeness (QED) is 0.589. The number of nitrogens with zero attached hydrogens (tertiary/aromatic N) is 2. The number of aromatic amines is 1. The van der Waals surface area contributed by atoms with E-state index < -0.39 is 0 Å². The number of anilines is 1. The summed E-state index contributed by atoms with van der Waals surface area (Å²) in [5, 5.41) is 7.59. The van der Waals surface area contributed by atoms with Crippen LogP contribution in [0.3, 0.4) is 0 Å². The van der Waals surface area contributed by atoms with Crippen molar-refractivity contribution in [1.82, 2.24) is 10.2 Å². The predicted molar refractivity (Wildman–Crippen MR) is 124 cm³/mol. The Kier molecular flexibility index (Phi) is 4.95. The molecule has 0 radical (unpaired) electrons. The topological polar surface area (TPSA) is 58.2 Å². The Morgan fingerprint density at radius 1 is 0.935 bits per heavy atom. The number of fused-ring (bicyclic) bond motifs is 1. The standard InChI is InChI=1S/C26H31N3O2/c1-25(2,3)16-12-14-17(15-13-16)29-22(18-10-8-9-11-19(18)31-7)20-21(24(29)30)27-28-23(20)26(4,5)6/h8-15,22H,1-7H3,(H,27,28). The van der Waals surface area contributed by atoms with Crippen LogP contribution in [0.1, 0.15) is 80.5 Å². The Morgan fingerprint density at radius 3 is 2.16 bits per heavy atom. The lowest BCUT2D eigenvalue weighted by Gasteiger charge is -2.29. The monoisotopic (exact) mass is 417 g/mol. The summed E-state index contributed by atoms with van der Waals surface area (Å²) in [6.45, 7) is 12.9. The minimum atomic E-state index is -0.313. The fraction of sp³-hybridized carbons (Fsp3) is 0.385. The number of carbonyl (C=O) groups is 1. The first-order valence-electron chi connectivity index (χ1n) is 10.7. The maximum absolute atomic E-state index is 13.6. The van der Waals surface area contributed by atoms with E-state index in [0.29, 0.717) is 5.69 Å². The Labute approximate surface area is 184 Å². The lowest BCUT2D eigenvalue weighted by atomic mass is 9.85. The molecule has 2 heterocycles. The first kappa shape index (κ1) is 21.2. The molecule has 0 saturated carbocycles. The minimum absolute atomic E-state index is 0.0449. The summed E-state index contributed by atoms with van der Waals surface area (Å²) in [5.41, 5.74) is 5.26. The first-order valence-corrected chi connectivity index (χ1v) is 10.7. The molecule has 5 heteroatoms. The van der Waals surface area contributed by atoms with Crippen LogP contribution in [0.25, 0.3) is 0 Å². The van der Waals surface area contributed by atoms with Crippen molar-refractivity contribution in [3.8, 4) is 5.75 Å². The van der Waals surface area contributed by atoms with E-state index in [2.05, 4.69) is 63.9 Å². The number of para-hydroxylation sites is 1. The van der Waals surface area contributed by atoms with Crippen molar-refractivity contribution in [2.24, 2.45) is 0 Å². The highest BCUT2D eigenvalue weighted by molar-refractivity contribution is 6.10. The molecule has 1 unspecified atom stereocenters. The second kappa shape index (κ2) is 7.26. The Bertz CT molecular complexity index is 1110. The molecule has 4 rings (SSSR count). The van der Waals surface area contributed by atoms with Crippen LogP contribution in [-0.2, 0) is 10.8 Å². The van der Waals surface area contributed by atoms with Crippen molar-refractivity contribution in [2.75, 3.05) is 12.0 Å². The molecule has 0 fully saturated rings. The number of amides is 1. The molecule has 1 N–H and O–H groups in total. The number of rotatable bonds is 3. The highest BCUT2D eigenvalue weighted by Gasteiger charge is 2.45. The molecule has 2 aromatic carbocycles. The van der Waals surface area contributed by atoms with Crippen LogP contribution in [0, 0.1) is 0 Å². The molecule has 1 aliphatic heterocycles. The molecule has 0 saturated heterocycles. The summed E-state index contributed by atoms with van der Waals surface area (Å²) >= 11 is 0. The SMILES string of the molecule is COc1ccccc1C1c2c(C(C)(C)C)n[nH]c2C(=O)N1c1ccc(C(C)(C)C)cc1. The van der Waals surface area contributed by atoms with Gasteiger partial charge in [0.2, 0.25) is 0 Å². The van der Waals surface area contributed by atoms with Crippen LogP contribution >= 0.6 is 0 Å². The van der Waals surface area contributed by atoms with Crippen LogP contribution in [0.15, 0.2) is 48.5 Å². The van der Waals surface area contributed by atoms with Gasteiger partial charge in [-0.3, -0.25) is 14.8 Å². The Balaban J connectivity index is 1.92. The van der Waals surface area contributed by atoms with Crippen LogP contribution in [0.4, 0.5) is 5.69 Å². The highest BCUT2D eigenvalue weighted by Crippen LogP contribution is 2.47. The third-order valence-corrected chi connectivity index (χ3v) is 5.92. The second-order valence-electron chi connectivity index (χ2n) is 10.2. The largest absolute Gasteiger partial charge is 0.496 e. The number of aromatic nitrogens is 2. The zero-order valence-electron chi connectivity index (χ0n) is 19.4. The van der Waals surface area contributed by atoms with E-state index >= 15 is 0 Å². The zero-order valence-corrected chi connectivity index (χ0v) is 19.4. The number of hydrogen-bond donors (Lipinski definition) is 1. The van der Waals surface area contributed by atoms with Crippen molar-refractivity contribution in [2.45, 2.75) is 58.4 Å². The molecule has 162 valence electrons. The first-order chi connectivity index (χ1) is 14.5. The smallest absolute Gasteiger partial charge is 0.277 e. The summed E-state index contributed by atoms with van der Waals surface area (Å²) in [6.07, 6.45) is 0. The summed E-state index contributed by atoms with van der Waals surface area (Å²) in [6, 6.07) is 15.9. The summed E-state index contributed by atoms with van der Waals surface area (Å²) in [7, 11) is 1.67. The van der Waals surface area contributed by atoms with Gasteiger partial charge < -0.3 is 4.74 Å². The number of ether oxygens (including phenoxy) is 1. The summed E-state index contributed by atoms with van der Waals surface area (Å²) < 4.78 is 5.69. The average molecular weight is 418 g/mol. The molecule has 3 aromatic rings. The molecular weight excluding hydrogens is 386 g/mol. The van der Waals surface area contributed by atoms with Crippen LogP contribution in [-0.4, -0.2) is 23.2 Å². The molecule has 1 aromatic heterocycles. The van der Waals surface area contributed by atoms with Gasteiger partial charge in [0.1, 0.15) is 11.4 Å². The zero-order chi connectivity index (χ0) is 22.6. The molecule has 5 nitrogen and oxygen atoms in total. The maximum Gasteiger partial charge on any atom is 0.277 e. The number of nitrogens with one attached hydrogen (secondary N) is 1. The van der Waals surface area contributed by atoms with Crippen molar-refractivity contribution in [1.29, 1.82) is 0 Å². The van der Waals surface area contributed by atoms with Gasteiger partial charge in [0.15, 0.2) is 0 Å². The molecule has 0 aliphatic carbocycles. The van der Waals surface area contributed by atoms with Gasteiger partial charge in [-0.25, -0.2) is 0 Å². The van der Waals surface area contributed by atoms with E-state index in [4.69, 9.17) is 4.74 Å². The molecular formula is C26H31N3O2. The Hall–Kier alpha value is -3.08. The van der Waals surface area contributed by atoms with Crippen LogP contribution in [0.5, 0.6) is 5.75 Å². The van der Waals surface area contributed by atoms with Gasteiger partial charge in [-0.2, -0.15) is 5.10 Å². The summed E-state index contributed by atoms with van der Waals surface area (Å²) in [4.78, 5) is 15.5. The highest BCUT2D eigenvalue weighted by atomic mass is 16.5. The maximum atomic E-state index is 13.6. The van der Waals surface area contributed by atoms with Crippen molar-refractivity contribution < 1.29 is 9.53 Å². The summed E-state index contributed by atoms with van der Waals surface area (Å²) in [5.74, 6) is 0.683. The van der Waals surface area contributed by atoms with Crippen molar-refractivity contribution >= 4 is 11.6 Å². The predicted octanol–water partition coefficient (Wildman–Crippen LogP) is 5.76. The van der Waals surface area contributed by atoms with E-state index in [0.717, 1.165) is 28.3 Å². The van der Waals surface area contributed by atoms with Gasteiger partial charge in [0, 0.05) is 22.2 Å². The van der Waals surface area contributed by atoms with E-state index in [1.54, 1.807) is 7.11 Å². The third kappa shape index (κ3) is 3.52. The molecule has 1 aliphatic rings. The number of hydrogen-bond acceptors (Lipinski definition) is 3. The van der Waals surface area contributed by atoms with Crippen molar-refractivity contribution in [3.63, 3.8) is 0 Å². The van der Waals surface area contributed by atoms with Gasteiger partial charge in [0.05, 0.1) is 18.8 Å². The van der Waals surface area contributed by atoms with Gasteiger partial charge in [-0.15, -0.1) is 0 Å².